The molecule has 3 aromatic rings. The molecule has 1 amide bonds. The van der Waals surface area contributed by atoms with Gasteiger partial charge in [0.25, 0.3) is 11.5 Å². The van der Waals surface area contributed by atoms with E-state index in [1.807, 2.05) is 42.2 Å². The van der Waals surface area contributed by atoms with Crippen LogP contribution in [0.5, 0.6) is 0 Å². The Balaban J connectivity index is 1.72. The van der Waals surface area contributed by atoms with Crippen molar-refractivity contribution in [3.05, 3.63) is 70.3 Å². The van der Waals surface area contributed by atoms with Crippen molar-refractivity contribution in [3.8, 4) is 5.69 Å². The molecule has 1 aliphatic heterocycles. The first-order valence-corrected chi connectivity index (χ1v) is 9.29. The van der Waals surface area contributed by atoms with E-state index in [1.165, 1.54) is 0 Å². The van der Waals surface area contributed by atoms with Gasteiger partial charge in [-0.2, -0.15) is 0 Å². The molecule has 27 heavy (non-hydrogen) atoms. The molecule has 5 nitrogen and oxygen atoms in total. The Morgan fingerprint density at radius 1 is 1.07 bits per heavy atom. The minimum Gasteiger partial charge on any atom is -0.334 e. The highest BCUT2D eigenvalue weighted by molar-refractivity contribution is 5.95. The fourth-order valence-corrected chi connectivity index (χ4v) is 3.94. The number of hydrogen-bond donors (Lipinski definition) is 0. The van der Waals surface area contributed by atoms with Crippen molar-refractivity contribution in [2.45, 2.75) is 39.2 Å². The van der Waals surface area contributed by atoms with Gasteiger partial charge in [0.15, 0.2) is 0 Å². The van der Waals surface area contributed by atoms with Gasteiger partial charge in [-0.15, -0.1) is 0 Å². The number of aryl methyl sites for hydroxylation is 1. The minimum absolute atomic E-state index is 0.0461. The molecule has 0 atom stereocenters. The molecular weight excluding hydrogens is 338 g/mol. The number of carbonyl (C=O) groups excluding carboxylic acids is 1. The summed E-state index contributed by atoms with van der Waals surface area (Å²) in [5.41, 5.74) is 1.85. The van der Waals surface area contributed by atoms with Crippen LogP contribution in [0.25, 0.3) is 16.6 Å². The van der Waals surface area contributed by atoms with Crippen LogP contribution in [0.2, 0.25) is 0 Å². The van der Waals surface area contributed by atoms with Crippen molar-refractivity contribution in [2.24, 2.45) is 0 Å². The second-order valence-corrected chi connectivity index (χ2v) is 7.74. The number of para-hydroxylation sites is 1. The normalized spacial score (nSPS) is 16.0. The molecule has 0 saturated carbocycles. The van der Waals surface area contributed by atoms with E-state index in [-0.39, 0.29) is 17.0 Å². The van der Waals surface area contributed by atoms with Crippen LogP contribution in [0.15, 0.2) is 53.3 Å². The number of carbonyl (C=O) groups is 1. The monoisotopic (exact) mass is 361 g/mol. The number of nitrogens with zero attached hydrogens (tertiary/aromatic N) is 3. The van der Waals surface area contributed by atoms with Crippen molar-refractivity contribution in [1.82, 2.24) is 14.5 Å². The zero-order valence-corrected chi connectivity index (χ0v) is 15.9. The molecule has 2 aromatic carbocycles. The Hall–Kier alpha value is -2.95. The summed E-state index contributed by atoms with van der Waals surface area (Å²) < 4.78 is 1.59. The molecule has 2 heterocycles. The molecule has 1 saturated heterocycles. The average Bonchev–Trinajstić information content (AvgIpc) is 3.01. The zero-order chi connectivity index (χ0) is 19.2. The topological polar surface area (TPSA) is 55.2 Å². The molecule has 4 rings (SSSR count). The first-order chi connectivity index (χ1) is 12.9. The van der Waals surface area contributed by atoms with Gasteiger partial charge < -0.3 is 4.90 Å². The van der Waals surface area contributed by atoms with Gasteiger partial charge in [-0.25, -0.2) is 4.98 Å². The van der Waals surface area contributed by atoms with E-state index in [4.69, 9.17) is 0 Å². The molecule has 0 bridgehead atoms. The van der Waals surface area contributed by atoms with Gasteiger partial charge in [-0.05, 0) is 70.0 Å². The predicted octanol–water partition coefficient (Wildman–Crippen LogP) is 3.71. The summed E-state index contributed by atoms with van der Waals surface area (Å²) in [6.45, 7) is 6.83. The smallest absolute Gasteiger partial charge is 0.265 e. The number of aromatic nitrogens is 2. The first kappa shape index (κ1) is 17.5. The molecule has 5 heteroatoms. The zero-order valence-electron chi connectivity index (χ0n) is 15.9. The summed E-state index contributed by atoms with van der Waals surface area (Å²) in [5, 5.41) is 0.585. The molecule has 1 aromatic heterocycles. The molecule has 138 valence electrons. The summed E-state index contributed by atoms with van der Waals surface area (Å²) in [7, 11) is 0. The molecule has 0 spiro atoms. The molecule has 0 N–H and O–H groups in total. The third-order valence-electron chi connectivity index (χ3n) is 5.46. The van der Waals surface area contributed by atoms with E-state index in [0.29, 0.717) is 28.0 Å². The summed E-state index contributed by atoms with van der Waals surface area (Å²) in [5.74, 6) is 0.670. The second-order valence-electron chi connectivity index (χ2n) is 7.74. The van der Waals surface area contributed by atoms with Gasteiger partial charge in [0, 0.05) is 17.6 Å². The lowest BCUT2D eigenvalue weighted by Crippen LogP contribution is -2.42. The lowest BCUT2D eigenvalue weighted by Gasteiger charge is -2.31. The van der Waals surface area contributed by atoms with E-state index in [0.717, 1.165) is 19.4 Å². The van der Waals surface area contributed by atoms with Crippen molar-refractivity contribution >= 4 is 16.8 Å². The molecule has 1 aliphatic rings. The van der Waals surface area contributed by atoms with Gasteiger partial charge in [0.2, 0.25) is 0 Å². The molecular formula is C22H23N3O2. The Labute approximate surface area is 158 Å². The molecule has 0 radical (unpaired) electrons. The van der Waals surface area contributed by atoms with Crippen molar-refractivity contribution in [2.75, 3.05) is 6.54 Å². The highest BCUT2D eigenvalue weighted by atomic mass is 16.2. The van der Waals surface area contributed by atoms with E-state index >= 15 is 0 Å². The summed E-state index contributed by atoms with van der Waals surface area (Å²) in [6, 6.07) is 14.6. The number of benzene rings is 2. The highest BCUT2D eigenvalue weighted by Crippen LogP contribution is 2.29. The van der Waals surface area contributed by atoms with Crippen LogP contribution in [-0.4, -0.2) is 32.4 Å². The van der Waals surface area contributed by atoms with Crippen molar-refractivity contribution in [1.29, 1.82) is 0 Å². The van der Waals surface area contributed by atoms with E-state index in [9.17, 15) is 9.59 Å². The minimum atomic E-state index is -0.106. The maximum absolute atomic E-state index is 12.9. The SMILES string of the molecule is Cc1nc2ccccc2c(=O)n1-c1ccc(C(=O)N2CCCC2(C)C)cc1. The third-order valence-corrected chi connectivity index (χ3v) is 5.46. The molecule has 0 aliphatic carbocycles. The third kappa shape index (κ3) is 2.93. The van der Waals surface area contributed by atoms with Crippen LogP contribution in [0, 0.1) is 6.92 Å². The maximum atomic E-state index is 12.9. The lowest BCUT2D eigenvalue weighted by molar-refractivity contribution is 0.0652. The van der Waals surface area contributed by atoms with Gasteiger partial charge >= 0.3 is 0 Å². The standard InChI is InChI=1S/C22H23N3O2/c1-15-23-19-8-5-4-7-18(19)21(27)25(15)17-11-9-16(10-12-17)20(26)24-14-6-13-22(24,2)3/h4-5,7-12H,6,13-14H2,1-3H3. The fourth-order valence-electron chi connectivity index (χ4n) is 3.94. The van der Waals surface area contributed by atoms with Crippen molar-refractivity contribution in [3.63, 3.8) is 0 Å². The van der Waals surface area contributed by atoms with Crippen LogP contribution in [0.1, 0.15) is 42.9 Å². The Morgan fingerprint density at radius 3 is 2.44 bits per heavy atom. The van der Waals surface area contributed by atoms with E-state index in [1.54, 1.807) is 22.8 Å². The lowest BCUT2D eigenvalue weighted by atomic mass is 10.0. The van der Waals surface area contributed by atoms with Gasteiger partial charge in [0.05, 0.1) is 16.6 Å². The molecule has 1 fully saturated rings. The van der Waals surface area contributed by atoms with Gasteiger partial charge in [-0.3, -0.25) is 14.2 Å². The van der Waals surface area contributed by atoms with Crippen LogP contribution in [0.4, 0.5) is 0 Å². The average molecular weight is 361 g/mol. The predicted molar refractivity (Wildman–Crippen MR) is 106 cm³/mol. The summed E-state index contributed by atoms with van der Waals surface area (Å²) in [4.78, 5) is 32.3. The number of likely N-dealkylation sites (tertiary alicyclic amines) is 1. The van der Waals surface area contributed by atoms with Gasteiger partial charge in [-0.1, -0.05) is 12.1 Å². The quantitative estimate of drug-likeness (QED) is 0.699. The number of hydrogen-bond acceptors (Lipinski definition) is 3. The second kappa shape index (κ2) is 6.34. The first-order valence-electron chi connectivity index (χ1n) is 9.29. The largest absolute Gasteiger partial charge is 0.334 e. The Kier molecular flexibility index (Phi) is 4.10. The van der Waals surface area contributed by atoms with Crippen molar-refractivity contribution < 1.29 is 4.79 Å². The van der Waals surface area contributed by atoms with E-state index in [2.05, 4.69) is 18.8 Å². The molecule has 0 unspecified atom stereocenters. The Bertz CT molecular complexity index is 1080. The van der Waals surface area contributed by atoms with Crippen LogP contribution in [0.3, 0.4) is 0 Å². The van der Waals surface area contributed by atoms with Crippen LogP contribution >= 0.6 is 0 Å². The maximum Gasteiger partial charge on any atom is 0.265 e. The van der Waals surface area contributed by atoms with Crippen LogP contribution in [-0.2, 0) is 0 Å². The summed E-state index contributed by atoms with van der Waals surface area (Å²) >= 11 is 0. The number of amides is 1. The number of rotatable bonds is 2. The number of fused-ring (bicyclic) bond motifs is 1. The highest BCUT2D eigenvalue weighted by Gasteiger charge is 2.35. The van der Waals surface area contributed by atoms with E-state index < -0.39 is 0 Å². The summed E-state index contributed by atoms with van der Waals surface area (Å²) in [6.07, 6.45) is 2.06. The fraction of sp³-hybridized carbons (Fsp3) is 0.318. The van der Waals surface area contributed by atoms with Gasteiger partial charge in [0.1, 0.15) is 5.82 Å². The Morgan fingerprint density at radius 2 is 1.78 bits per heavy atom. The van der Waals surface area contributed by atoms with Crippen LogP contribution < -0.4 is 5.56 Å².